The quantitative estimate of drug-likeness (QED) is 0.377. The number of rotatable bonds is 5. The van der Waals surface area contributed by atoms with Gasteiger partial charge in [-0.15, -0.1) is 0 Å². The van der Waals surface area contributed by atoms with E-state index < -0.39 is 29.3 Å². The molecule has 1 fully saturated rings. The van der Waals surface area contributed by atoms with Crippen LogP contribution in [-0.4, -0.2) is 28.6 Å². The Labute approximate surface area is 177 Å². The number of anilines is 1. The summed E-state index contributed by atoms with van der Waals surface area (Å²) < 4.78 is 25.2. The molecule has 4 rings (SSSR count). The normalized spacial score (nSPS) is 17.9. The number of carbonyl (C=O) groups is 2. The van der Waals surface area contributed by atoms with Crippen LogP contribution in [0.1, 0.15) is 29.9 Å². The number of aromatic nitrogens is 1. The van der Waals surface area contributed by atoms with E-state index in [1.165, 1.54) is 24.3 Å². The average Bonchev–Trinajstić information content (AvgIpc) is 3.29. The third-order valence-corrected chi connectivity index (χ3v) is 4.95. The van der Waals surface area contributed by atoms with Crippen molar-refractivity contribution in [3.8, 4) is 5.75 Å². The van der Waals surface area contributed by atoms with Crippen molar-refractivity contribution >= 4 is 23.3 Å². The Morgan fingerprint density at radius 1 is 1.19 bits per heavy atom. The Bertz CT molecular complexity index is 1180. The molecule has 1 aliphatic heterocycles. The Morgan fingerprint density at radius 2 is 1.90 bits per heavy atom. The Morgan fingerprint density at radius 3 is 2.52 bits per heavy atom. The largest absolute Gasteiger partial charge is 0.507 e. The van der Waals surface area contributed by atoms with E-state index in [0.717, 1.165) is 4.90 Å². The van der Waals surface area contributed by atoms with Crippen LogP contribution >= 0.6 is 0 Å². The first-order valence-electron chi connectivity index (χ1n) is 9.64. The van der Waals surface area contributed by atoms with E-state index in [1.54, 1.807) is 37.3 Å². The van der Waals surface area contributed by atoms with Gasteiger partial charge in [0, 0.05) is 17.2 Å². The fourth-order valence-corrected chi connectivity index (χ4v) is 3.56. The van der Waals surface area contributed by atoms with Crippen molar-refractivity contribution in [2.24, 2.45) is 0 Å². The summed E-state index contributed by atoms with van der Waals surface area (Å²) in [5, 5.41) is 14.8. The molecule has 1 amide bonds. The summed E-state index contributed by atoms with van der Waals surface area (Å²) in [6.07, 6.45) is 0. The highest BCUT2D eigenvalue weighted by Gasteiger charge is 2.48. The zero-order chi connectivity index (χ0) is 22.1. The number of aryl methyl sites for hydroxylation is 1. The molecule has 0 bridgehead atoms. The maximum atomic E-state index is 14.8. The molecule has 7 nitrogen and oxygen atoms in total. The van der Waals surface area contributed by atoms with Crippen LogP contribution in [0.25, 0.3) is 5.76 Å². The number of ether oxygens (including phenoxy) is 1. The van der Waals surface area contributed by atoms with Crippen molar-refractivity contribution in [3.63, 3.8) is 0 Å². The third kappa shape index (κ3) is 3.56. The minimum atomic E-state index is -1.21. The number of benzene rings is 2. The molecule has 1 N–H and O–H groups in total. The molecule has 0 radical (unpaired) electrons. The van der Waals surface area contributed by atoms with Crippen LogP contribution < -0.4 is 9.64 Å². The van der Waals surface area contributed by atoms with E-state index >= 15 is 0 Å². The van der Waals surface area contributed by atoms with Gasteiger partial charge in [-0.05, 0) is 44.2 Å². The molecule has 1 aromatic heterocycles. The fourth-order valence-electron chi connectivity index (χ4n) is 3.56. The van der Waals surface area contributed by atoms with E-state index in [0.29, 0.717) is 23.7 Å². The van der Waals surface area contributed by atoms with E-state index in [2.05, 4.69) is 5.16 Å². The highest BCUT2D eigenvalue weighted by atomic mass is 19.1. The maximum Gasteiger partial charge on any atom is 0.301 e. The lowest BCUT2D eigenvalue weighted by molar-refractivity contribution is -0.132. The van der Waals surface area contributed by atoms with Gasteiger partial charge in [0.15, 0.2) is 5.82 Å². The van der Waals surface area contributed by atoms with Gasteiger partial charge in [-0.2, -0.15) is 0 Å². The highest BCUT2D eigenvalue weighted by molar-refractivity contribution is 6.51. The molecule has 2 aromatic carbocycles. The molecular weight excluding hydrogens is 403 g/mol. The first-order chi connectivity index (χ1) is 14.9. The van der Waals surface area contributed by atoms with Gasteiger partial charge in [-0.25, -0.2) is 4.39 Å². The zero-order valence-corrected chi connectivity index (χ0v) is 16.8. The van der Waals surface area contributed by atoms with Crippen LogP contribution in [0.5, 0.6) is 5.75 Å². The number of carbonyl (C=O) groups excluding carboxylic acids is 2. The summed E-state index contributed by atoms with van der Waals surface area (Å²) in [5.41, 5.74) is 0.105. The molecule has 0 aliphatic carbocycles. The molecule has 0 saturated carbocycles. The Kier molecular flexibility index (Phi) is 5.29. The topological polar surface area (TPSA) is 92.9 Å². The summed E-state index contributed by atoms with van der Waals surface area (Å²) in [6, 6.07) is 12.4. The number of aliphatic hydroxyl groups is 1. The summed E-state index contributed by atoms with van der Waals surface area (Å²) in [6.45, 7) is 3.95. The highest BCUT2D eigenvalue weighted by Crippen LogP contribution is 2.42. The summed E-state index contributed by atoms with van der Waals surface area (Å²) in [4.78, 5) is 26.9. The Balaban J connectivity index is 1.90. The van der Waals surface area contributed by atoms with Crippen LogP contribution in [0.2, 0.25) is 0 Å². The number of aliphatic hydroxyl groups excluding tert-OH is 1. The average molecular weight is 422 g/mol. The minimum absolute atomic E-state index is 0.0508. The van der Waals surface area contributed by atoms with Crippen LogP contribution in [0.4, 0.5) is 10.2 Å². The van der Waals surface area contributed by atoms with Gasteiger partial charge in [0.25, 0.3) is 5.78 Å². The molecule has 0 spiro atoms. The Hall–Kier alpha value is -3.94. The lowest BCUT2D eigenvalue weighted by atomic mass is 9.95. The van der Waals surface area contributed by atoms with Gasteiger partial charge in [0.1, 0.15) is 23.1 Å². The predicted molar refractivity (Wildman–Crippen MR) is 110 cm³/mol. The van der Waals surface area contributed by atoms with Crippen molar-refractivity contribution in [1.29, 1.82) is 0 Å². The smallest absolute Gasteiger partial charge is 0.301 e. The number of nitrogens with zero attached hydrogens (tertiary/aromatic N) is 2. The summed E-state index contributed by atoms with van der Waals surface area (Å²) >= 11 is 0. The van der Waals surface area contributed by atoms with Gasteiger partial charge in [-0.1, -0.05) is 23.4 Å². The summed E-state index contributed by atoms with van der Waals surface area (Å²) in [5.74, 6) is -1.87. The maximum absolute atomic E-state index is 14.8. The van der Waals surface area contributed by atoms with Gasteiger partial charge in [-0.3, -0.25) is 14.5 Å². The third-order valence-electron chi connectivity index (χ3n) is 4.95. The standard InChI is InChI=1S/C23H19FN2O5/c1-3-30-15-10-8-14(9-11-15)21(27)19-20(16-6-4-5-7-17(16)24)26(23(29)22(19)28)18-12-13(2)31-25-18/h4-12,20,27H,3H2,1-2H3. The molecule has 158 valence electrons. The molecule has 1 unspecified atom stereocenters. The van der Waals surface area contributed by atoms with Crippen molar-refractivity contribution < 1.29 is 28.3 Å². The molecular formula is C23H19FN2O5. The molecule has 1 aliphatic rings. The second kappa shape index (κ2) is 8.06. The lowest BCUT2D eigenvalue weighted by Crippen LogP contribution is -2.30. The first-order valence-corrected chi connectivity index (χ1v) is 9.64. The van der Waals surface area contributed by atoms with Crippen LogP contribution in [-0.2, 0) is 9.59 Å². The molecule has 1 saturated heterocycles. The molecule has 31 heavy (non-hydrogen) atoms. The van der Waals surface area contributed by atoms with Gasteiger partial charge >= 0.3 is 5.91 Å². The van der Waals surface area contributed by atoms with E-state index in [9.17, 15) is 19.1 Å². The number of ketones is 1. The van der Waals surface area contributed by atoms with Gasteiger partial charge in [0.05, 0.1) is 18.2 Å². The second-order valence-corrected chi connectivity index (χ2v) is 6.94. The van der Waals surface area contributed by atoms with Crippen molar-refractivity contribution in [2.75, 3.05) is 11.5 Å². The molecule has 1 atom stereocenters. The van der Waals surface area contributed by atoms with E-state index in [4.69, 9.17) is 9.26 Å². The number of halogens is 1. The van der Waals surface area contributed by atoms with Gasteiger partial charge < -0.3 is 14.4 Å². The lowest BCUT2D eigenvalue weighted by Gasteiger charge is -2.23. The van der Waals surface area contributed by atoms with E-state index in [1.807, 2.05) is 6.92 Å². The fraction of sp³-hybridized carbons (Fsp3) is 0.174. The van der Waals surface area contributed by atoms with Crippen LogP contribution in [0, 0.1) is 12.7 Å². The van der Waals surface area contributed by atoms with Gasteiger partial charge in [0.2, 0.25) is 0 Å². The second-order valence-electron chi connectivity index (χ2n) is 6.94. The first kappa shape index (κ1) is 20.3. The minimum Gasteiger partial charge on any atom is -0.507 e. The zero-order valence-electron chi connectivity index (χ0n) is 16.8. The molecule has 8 heteroatoms. The van der Waals surface area contributed by atoms with Crippen molar-refractivity contribution in [3.05, 3.63) is 82.9 Å². The molecule has 3 aromatic rings. The monoisotopic (exact) mass is 422 g/mol. The van der Waals surface area contributed by atoms with Crippen molar-refractivity contribution in [2.45, 2.75) is 19.9 Å². The predicted octanol–water partition coefficient (Wildman–Crippen LogP) is 4.15. The van der Waals surface area contributed by atoms with Crippen molar-refractivity contribution in [1.82, 2.24) is 5.16 Å². The van der Waals surface area contributed by atoms with E-state index in [-0.39, 0.29) is 17.0 Å². The number of amides is 1. The number of Topliss-reactive ketones (excluding diaryl/α,β-unsaturated/α-hetero) is 1. The number of hydrogen-bond acceptors (Lipinski definition) is 6. The van der Waals surface area contributed by atoms with Crippen LogP contribution in [0.3, 0.4) is 0 Å². The number of hydrogen-bond donors (Lipinski definition) is 1. The van der Waals surface area contributed by atoms with Crippen LogP contribution in [0.15, 0.2) is 64.7 Å². The SMILES string of the molecule is CCOc1ccc(C(O)=C2C(=O)C(=O)N(c3cc(C)on3)C2c2ccccc2F)cc1. The molecule has 2 heterocycles. The summed E-state index contributed by atoms with van der Waals surface area (Å²) in [7, 11) is 0.